The molecule has 2 bridgehead atoms. The number of pyridine rings is 1. The van der Waals surface area contributed by atoms with E-state index in [9.17, 15) is 4.39 Å². The highest BCUT2D eigenvalue weighted by Gasteiger charge is 2.48. The fourth-order valence-corrected chi connectivity index (χ4v) is 8.69. The highest BCUT2D eigenvalue weighted by atomic mass is 19.1. The van der Waals surface area contributed by atoms with Crippen LogP contribution in [0.2, 0.25) is 0 Å². The number of nitrogens with zero attached hydrogens (tertiary/aromatic N) is 5. The molecular weight excluding hydrogens is 617 g/mol. The van der Waals surface area contributed by atoms with E-state index in [4.69, 9.17) is 24.4 Å². The van der Waals surface area contributed by atoms with Crippen molar-refractivity contribution in [3.05, 3.63) is 59.4 Å². The Morgan fingerprint density at radius 2 is 1.98 bits per heavy atom. The SMILES string of the molecule is CCc1c(F)ccc2cccc(-c3nc4c5c(nc(OCC6(CN7CCC(=CF)C7)CC6)nc5c3F)N3CC5CCC(N5)C3C(C)O4)c12. The molecule has 0 spiro atoms. The Balaban J connectivity index is 1.18. The molecule has 4 fully saturated rings. The summed E-state index contributed by atoms with van der Waals surface area (Å²) in [6.45, 7) is 7.31. The zero-order valence-corrected chi connectivity index (χ0v) is 27.2. The molecule has 9 rings (SSSR count). The average Bonchev–Trinajstić information content (AvgIpc) is 3.57. The first-order valence-corrected chi connectivity index (χ1v) is 17.3. The molecule has 6 heterocycles. The van der Waals surface area contributed by atoms with Gasteiger partial charge in [0.2, 0.25) is 5.88 Å². The average molecular weight is 657 g/mol. The quantitative estimate of drug-likeness (QED) is 0.242. The van der Waals surface area contributed by atoms with E-state index >= 15 is 8.78 Å². The maximum absolute atomic E-state index is 17.1. The van der Waals surface area contributed by atoms with Gasteiger partial charge in [-0.05, 0) is 73.4 Å². The predicted octanol–water partition coefficient (Wildman–Crippen LogP) is 6.49. The van der Waals surface area contributed by atoms with E-state index in [1.54, 1.807) is 12.1 Å². The Bertz CT molecular complexity index is 1980. The summed E-state index contributed by atoms with van der Waals surface area (Å²) < 4.78 is 58.4. The van der Waals surface area contributed by atoms with Gasteiger partial charge in [-0.25, -0.2) is 18.2 Å². The molecule has 2 aromatic carbocycles. The summed E-state index contributed by atoms with van der Waals surface area (Å²) in [6, 6.07) is 9.27. The normalized spacial score (nSPS) is 26.6. The third-order valence-corrected chi connectivity index (χ3v) is 11.3. The van der Waals surface area contributed by atoms with Crippen LogP contribution in [0.25, 0.3) is 32.9 Å². The molecule has 1 saturated carbocycles. The van der Waals surface area contributed by atoms with Gasteiger partial charge in [-0.15, -0.1) is 0 Å². The minimum atomic E-state index is -0.613. The summed E-state index contributed by atoms with van der Waals surface area (Å²) in [5.41, 5.74) is 1.91. The topological polar surface area (TPSA) is 75.6 Å². The van der Waals surface area contributed by atoms with Gasteiger partial charge in [0.05, 0.1) is 19.0 Å². The first-order valence-electron chi connectivity index (χ1n) is 17.3. The van der Waals surface area contributed by atoms with Gasteiger partial charge in [-0.1, -0.05) is 31.2 Å². The molecular formula is C37H39F3N6O2. The fraction of sp³-hybridized carbons (Fsp3) is 0.486. The number of hydrogen-bond acceptors (Lipinski definition) is 8. The molecule has 11 heteroatoms. The molecule has 2 aromatic heterocycles. The molecule has 3 saturated heterocycles. The number of ether oxygens (including phenoxy) is 2. The number of hydrogen-bond donors (Lipinski definition) is 1. The third kappa shape index (κ3) is 4.83. The number of rotatable bonds is 7. The Labute approximate surface area is 277 Å². The summed E-state index contributed by atoms with van der Waals surface area (Å²) >= 11 is 0. The minimum Gasteiger partial charge on any atom is -0.472 e. The van der Waals surface area contributed by atoms with Gasteiger partial charge in [-0.2, -0.15) is 9.97 Å². The number of aryl methyl sites for hydroxylation is 1. The zero-order chi connectivity index (χ0) is 32.7. The predicted molar refractivity (Wildman–Crippen MR) is 178 cm³/mol. The maximum Gasteiger partial charge on any atom is 0.319 e. The smallest absolute Gasteiger partial charge is 0.319 e. The van der Waals surface area contributed by atoms with Gasteiger partial charge < -0.3 is 19.7 Å². The van der Waals surface area contributed by atoms with Crippen LogP contribution in [0, 0.1) is 17.0 Å². The summed E-state index contributed by atoms with van der Waals surface area (Å²) in [4.78, 5) is 19.1. The number of piperazine rings is 1. The Hall–Kier alpha value is -3.96. The van der Waals surface area contributed by atoms with Crippen LogP contribution in [0.5, 0.6) is 11.9 Å². The molecule has 0 amide bonds. The van der Waals surface area contributed by atoms with Crippen molar-refractivity contribution in [1.29, 1.82) is 0 Å². The second-order valence-electron chi connectivity index (χ2n) is 14.4. The summed E-state index contributed by atoms with van der Waals surface area (Å²) in [5, 5.41) is 5.62. The van der Waals surface area contributed by atoms with E-state index in [0.29, 0.717) is 59.9 Å². The van der Waals surface area contributed by atoms with Gasteiger partial charge in [0.1, 0.15) is 34.3 Å². The number of benzene rings is 2. The highest BCUT2D eigenvalue weighted by Crippen LogP contribution is 2.48. The molecule has 8 nitrogen and oxygen atoms in total. The summed E-state index contributed by atoms with van der Waals surface area (Å²) in [5.74, 6) is -0.0912. The van der Waals surface area contributed by atoms with Gasteiger partial charge in [0.25, 0.3) is 0 Å². The number of halogens is 3. The van der Waals surface area contributed by atoms with Gasteiger partial charge >= 0.3 is 6.01 Å². The monoisotopic (exact) mass is 656 g/mol. The lowest BCUT2D eigenvalue weighted by atomic mass is 9.95. The van der Waals surface area contributed by atoms with Crippen LogP contribution in [-0.4, -0.2) is 76.9 Å². The highest BCUT2D eigenvalue weighted by molar-refractivity contribution is 6.02. The number of fused-ring (bicyclic) bond motifs is 6. The lowest BCUT2D eigenvalue weighted by Crippen LogP contribution is -2.62. The second-order valence-corrected chi connectivity index (χ2v) is 14.4. The zero-order valence-electron chi connectivity index (χ0n) is 27.2. The van der Waals surface area contributed by atoms with Crippen molar-refractivity contribution in [2.45, 2.75) is 76.6 Å². The molecule has 0 radical (unpaired) electrons. The van der Waals surface area contributed by atoms with Gasteiger partial charge in [0.15, 0.2) is 5.82 Å². The second kappa shape index (κ2) is 11.3. The van der Waals surface area contributed by atoms with Crippen molar-refractivity contribution in [1.82, 2.24) is 25.2 Å². The van der Waals surface area contributed by atoms with Crippen LogP contribution in [0.15, 0.2) is 42.2 Å². The molecule has 48 heavy (non-hydrogen) atoms. The molecule has 4 unspecified atom stereocenters. The molecule has 1 aliphatic carbocycles. The van der Waals surface area contributed by atoms with Crippen LogP contribution in [-0.2, 0) is 6.42 Å². The number of aromatic nitrogens is 3. The van der Waals surface area contributed by atoms with E-state index in [1.807, 2.05) is 26.0 Å². The Morgan fingerprint density at radius 3 is 2.77 bits per heavy atom. The molecule has 250 valence electrons. The third-order valence-electron chi connectivity index (χ3n) is 11.3. The molecule has 5 aliphatic rings. The fourth-order valence-electron chi connectivity index (χ4n) is 8.69. The van der Waals surface area contributed by atoms with E-state index < -0.39 is 5.82 Å². The first-order chi connectivity index (χ1) is 23.3. The van der Waals surface area contributed by atoms with E-state index in [0.717, 1.165) is 62.5 Å². The van der Waals surface area contributed by atoms with E-state index in [-0.39, 0.29) is 52.5 Å². The van der Waals surface area contributed by atoms with Crippen LogP contribution < -0.4 is 19.7 Å². The number of nitrogens with one attached hydrogen (secondary N) is 1. The molecule has 4 atom stereocenters. The van der Waals surface area contributed by atoms with Crippen LogP contribution in [0.1, 0.15) is 51.5 Å². The van der Waals surface area contributed by atoms with Crippen LogP contribution in [0.3, 0.4) is 0 Å². The standard InChI is InChI=1S/C37H39F3N6O2/c1-3-24-26(39)9-7-22-5-4-6-25(28(22)24)31-30(40)32-29-34(46-17-23-8-10-27(41-23)33(46)20(2)48-35(29)42-31)44-36(43-32)47-19-37(12-13-37)18-45-14-11-21(15-38)16-45/h4-7,9,15,20,23,27,33,41H,3,8,10-14,16-19H2,1-2H3. The van der Waals surface area contributed by atoms with E-state index in [2.05, 4.69) is 15.1 Å². The largest absolute Gasteiger partial charge is 0.472 e. The van der Waals surface area contributed by atoms with Crippen molar-refractivity contribution in [2.24, 2.45) is 5.41 Å². The van der Waals surface area contributed by atoms with Crippen molar-refractivity contribution < 1.29 is 22.6 Å². The molecule has 4 aromatic rings. The first kappa shape index (κ1) is 30.1. The Morgan fingerprint density at radius 1 is 1.10 bits per heavy atom. The van der Waals surface area contributed by atoms with E-state index in [1.165, 1.54) is 6.07 Å². The van der Waals surface area contributed by atoms with Crippen molar-refractivity contribution in [2.75, 3.05) is 37.7 Å². The van der Waals surface area contributed by atoms with Crippen molar-refractivity contribution in [3.8, 4) is 23.1 Å². The Kier molecular flexibility index (Phi) is 7.09. The van der Waals surface area contributed by atoms with Crippen molar-refractivity contribution in [3.63, 3.8) is 0 Å². The lowest BCUT2D eigenvalue weighted by molar-refractivity contribution is 0.154. The molecule has 4 aliphatic heterocycles. The lowest BCUT2D eigenvalue weighted by Gasteiger charge is -2.42. The minimum absolute atomic E-state index is 0.0450. The maximum atomic E-state index is 17.1. The van der Waals surface area contributed by atoms with Crippen molar-refractivity contribution >= 4 is 27.5 Å². The number of anilines is 1. The van der Waals surface area contributed by atoms with Gasteiger partial charge in [-0.3, -0.25) is 4.90 Å². The van der Waals surface area contributed by atoms with Crippen LogP contribution >= 0.6 is 0 Å². The summed E-state index contributed by atoms with van der Waals surface area (Å²) in [6.07, 6.45) is 5.71. The molecule has 1 N–H and O–H groups in total. The van der Waals surface area contributed by atoms with Crippen LogP contribution in [0.4, 0.5) is 19.0 Å². The van der Waals surface area contributed by atoms with Gasteiger partial charge in [0, 0.05) is 49.2 Å². The number of likely N-dealkylation sites (tertiary alicyclic amines) is 1. The summed E-state index contributed by atoms with van der Waals surface area (Å²) in [7, 11) is 0.